The van der Waals surface area contributed by atoms with Crippen molar-refractivity contribution in [3.63, 3.8) is 0 Å². The third-order valence-electron chi connectivity index (χ3n) is 3.06. The molecule has 0 aliphatic carbocycles. The van der Waals surface area contributed by atoms with E-state index in [1.807, 2.05) is 6.92 Å². The Bertz CT molecular complexity index is 634. The van der Waals surface area contributed by atoms with Crippen LogP contribution in [-0.4, -0.2) is 41.0 Å². The maximum absolute atomic E-state index is 10.6. The fraction of sp³-hybridized carbons (Fsp3) is 0.429. The van der Waals surface area contributed by atoms with Gasteiger partial charge < -0.3 is 15.4 Å². The fourth-order valence-corrected chi connectivity index (χ4v) is 1.86. The van der Waals surface area contributed by atoms with Crippen LogP contribution >= 0.6 is 12.4 Å². The molecule has 0 saturated heterocycles. The molecular formula is C14H20ClN5O4. The first kappa shape index (κ1) is 19.7. The number of rotatable bonds is 9. The molecule has 1 heterocycles. The highest BCUT2D eigenvalue weighted by molar-refractivity contribution is 5.85. The number of aryl methyl sites for hydroxylation is 1. The summed E-state index contributed by atoms with van der Waals surface area (Å²) in [6.45, 7) is 5.75. The van der Waals surface area contributed by atoms with E-state index in [0.29, 0.717) is 24.7 Å². The zero-order valence-corrected chi connectivity index (χ0v) is 14.2. The van der Waals surface area contributed by atoms with Crippen LogP contribution in [0.2, 0.25) is 0 Å². The van der Waals surface area contributed by atoms with Crippen molar-refractivity contribution in [3.8, 4) is 5.88 Å². The molecule has 10 heteroatoms. The zero-order chi connectivity index (χ0) is 16.7. The molecule has 24 heavy (non-hydrogen) atoms. The Morgan fingerprint density at radius 3 is 2.58 bits per heavy atom. The molecule has 2 rings (SSSR count). The van der Waals surface area contributed by atoms with Crippen LogP contribution in [0, 0.1) is 17.0 Å². The first-order valence-corrected chi connectivity index (χ1v) is 7.21. The van der Waals surface area contributed by atoms with Gasteiger partial charge in [-0.05, 0) is 31.1 Å². The van der Waals surface area contributed by atoms with Crippen molar-refractivity contribution in [2.75, 3.05) is 25.0 Å². The topological polar surface area (TPSA) is 115 Å². The van der Waals surface area contributed by atoms with Crippen molar-refractivity contribution in [1.29, 1.82) is 0 Å². The average molecular weight is 358 g/mol. The van der Waals surface area contributed by atoms with Gasteiger partial charge in [0.2, 0.25) is 0 Å². The molecule has 0 spiro atoms. The molecule has 1 aromatic heterocycles. The van der Waals surface area contributed by atoms with Crippen molar-refractivity contribution >= 4 is 23.8 Å². The lowest BCUT2D eigenvalue weighted by molar-refractivity contribution is -0.384. The molecule has 0 fully saturated rings. The van der Waals surface area contributed by atoms with Gasteiger partial charge in [-0.2, -0.15) is 0 Å². The van der Waals surface area contributed by atoms with Crippen LogP contribution in [0.3, 0.4) is 0 Å². The molecule has 0 bridgehead atoms. The summed E-state index contributed by atoms with van der Waals surface area (Å²) in [5, 5.41) is 24.3. The lowest BCUT2D eigenvalue weighted by Gasteiger charge is -2.13. The van der Waals surface area contributed by atoms with Crippen molar-refractivity contribution in [2.45, 2.75) is 20.0 Å². The minimum atomic E-state index is -0.418. The maximum atomic E-state index is 10.6. The summed E-state index contributed by atoms with van der Waals surface area (Å²) in [4.78, 5) is 10.1. The molecular weight excluding hydrogens is 338 g/mol. The molecule has 0 radical (unpaired) electrons. The third kappa shape index (κ3) is 6.01. The van der Waals surface area contributed by atoms with E-state index >= 15 is 0 Å². The number of anilines is 1. The molecule has 0 amide bonds. The Labute approximate surface area is 145 Å². The Morgan fingerprint density at radius 2 is 2.00 bits per heavy atom. The van der Waals surface area contributed by atoms with Crippen LogP contribution in [0.25, 0.3) is 0 Å². The monoisotopic (exact) mass is 357 g/mol. The largest absolute Gasteiger partial charge is 0.470 e. The number of aromatic nitrogens is 2. The average Bonchev–Trinajstić information content (AvgIpc) is 2.92. The number of non-ortho nitro benzene ring substituents is 1. The van der Waals surface area contributed by atoms with Gasteiger partial charge in [0, 0.05) is 37.5 Å². The molecule has 1 atom stereocenters. The van der Waals surface area contributed by atoms with E-state index in [1.165, 1.54) is 12.1 Å². The van der Waals surface area contributed by atoms with Gasteiger partial charge in [0.25, 0.3) is 11.6 Å². The Balaban J connectivity index is 0.00000288. The predicted molar refractivity (Wildman–Crippen MR) is 90.8 cm³/mol. The van der Waals surface area contributed by atoms with E-state index in [1.54, 1.807) is 19.1 Å². The van der Waals surface area contributed by atoms with E-state index < -0.39 is 4.92 Å². The highest BCUT2D eigenvalue weighted by Crippen LogP contribution is 2.15. The van der Waals surface area contributed by atoms with Crippen LogP contribution in [0.4, 0.5) is 11.4 Å². The van der Waals surface area contributed by atoms with Crippen LogP contribution in [-0.2, 0) is 0 Å². The molecule has 132 valence electrons. The van der Waals surface area contributed by atoms with Gasteiger partial charge in [-0.1, -0.05) is 5.16 Å². The minimum Gasteiger partial charge on any atom is -0.470 e. The van der Waals surface area contributed by atoms with Gasteiger partial charge in [-0.15, -0.1) is 12.4 Å². The van der Waals surface area contributed by atoms with E-state index in [9.17, 15) is 10.1 Å². The Morgan fingerprint density at radius 1 is 1.29 bits per heavy atom. The van der Waals surface area contributed by atoms with Gasteiger partial charge in [-0.25, -0.2) is 4.63 Å². The molecule has 0 aliphatic rings. The summed E-state index contributed by atoms with van der Waals surface area (Å²) in [5.41, 5.74) is 1.54. The van der Waals surface area contributed by atoms with Gasteiger partial charge in [0.1, 0.15) is 11.8 Å². The number of ether oxygens (including phenoxy) is 1. The number of nitro groups is 1. The molecule has 2 aromatic rings. The van der Waals surface area contributed by atoms with Crippen LogP contribution in [0.1, 0.15) is 12.6 Å². The molecule has 1 aromatic carbocycles. The van der Waals surface area contributed by atoms with Crippen LogP contribution in [0.5, 0.6) is 5.88 Å². The summed E-state index contributed by atoms with van der Waals surface area (Å²) >= 11 is 0. The molecule has 2 N–H and O–H groups in total. The van der Waals surface area contributed by atoms with Gasteiger partial charge in [-0.3, -0.25) is 10.1 Å². The first-order valence-electron chi connectivity index (χ1n) is 7.21. The lowest BCUT2D eigenvalue weighted by atomic mass is 10.3. The third-order valence-corrected chi connectivity index (χ3v) is 3.06. The second-order valence-electron chi connectivity index (χ2n) is 5.02. The van der Waals surface area contributed by atoms with Crippen molar-refractivity contribution in [2.24, 2.45) is 0 Å². The quantitative estimate of drug-likeness (QED) is 0.398. The summed E-state index contributed by atoms with van der Waals surface area (Å²) in [7, 11) is 0. The van der Waals surface area contributed by atoms with E-state index in [4.69, 9.17) is 4.74 Å². The predicted octanol–water partition coefficient (Wildman–Crippen LogP) is 2.18. The number of nitrogens with one attached hydrogen (secondary N) is 2. The number of nitro benzene ring substituents is 1. The fourth-order valence-electron chi connectivity index (χ4n) is 1.86. The van der Waals surface area contributed by atoms with Gasteiger partial charge in [0.15, 0.2) is 0 Å². The second-order valence-corrected chi connectivity index (χ2v) is 5.02. The normalized spacial score (nSPS) is 11.4. The highest BCUT2D eigenvalue weighted by Gasteiger charge is 2.10. The van der Waals surface area contributed by atoms with Crippen LogP contribution < -0.4 is 15.4 Å². The number of hydrogen-bond acceptors (Lipinski definition) is 8. The number of halogens is 1. The highest BCUT2D eigenvalue weighted by atomic mass is 35.5. The van der Waals surface area contributed by atoms with Gasteiger partial charge >= 0.3 is 0 Å². The van der Waals surface area contributed by atoms with Crippen molar-refractivity contribution in [3.05, 3.63) is 40.1 Å². The summed E-state index contributed by atoms with van der Waals surface area (Å²) in [6.07, 6.45) is -0.0695. The molecule has 9 nitrogen and oxygen atoms in total. The van der Waals surface area contributed by atoms with E-state index in [-0.39, 0.29) is 24.2 Å². The van der Waals surface area contributed by atoms with Crippen LogP contribution in [0.15, 0.2) is 28.9 Å². The Kier molecular flexibility index (Phi) is 7.93. The number of benzene rings is 1. The van der Waals surface area contributed by atoms with E-state index in [0.717, 1.165) is 12.2 Å². The molecule has 0 saturated carbocycles. The maximum Gasteiger partial charge on any atom is 0.279 e. The van der Waals surface area contributed by atoms with Crippen molar-refractivity contribution < 1.29 is 14.3 Å². The van der Waals surface area contributed by atoms with Crippen molar-refractivity contribution in [1.82, 2.24) is 15.6 Å². The molecule has 0 aliphatic heterocycles. The summed E-state index contributed by atoms with van der Waals surface area (Å²) < 4.78 is 10.1. The first-order chi connectivity index (χ1) is 11.1. The SMILES string of the molecule is Cc1nonc1OC(C)CNCCNc1ccc([N+](=O)[O-])cc1.Cl. The lowest BCUT2D eigenvalue weighted by Crippen LogP contribution is -2.32. The number of hydrogen-bond donors (Lipinski definition) is 2. The molecule has 1 unspecified atom stereocenters. The number of nitrogens with zero attached hydrogens (tertiary/aromatic N) is 3. The summed E-state index contributed by atoms with van der Waals surface area (Å²) in [6, 6.07) is 6.31. The van der Waals surface area contributed by atoms with Gasteiger partial charge in [0.05, 0.1) is 4.92 Å². The van der Waals surface area contributed by atoms with E-state index in [2.05, 4.69) is 25.6 Å². The standard InChI is InChI=1S/C14H19N5O4.ClH/c1-10(22-14-11(2)17-23-18-14)9-15-7-8-16-12-3-5-13(6-4-12)19(20)21;/h3-6,10,15-16H,7-9H2,1-2H3;1H. The minimum absolute atomic E-state index is 0. The Hall–Kier alpha value is -2.39. The summed E-state index contributed by atoms with van der Waals surface area (Å²) in [5.74, 6) is 0.406. The zero-order valence-electron chi connectivity index (χ0n) is 13.4. The second kappa shape index (κ2) is 9.68. The smallest absolute Gasteiger partial charge is 0.279 e.